The van der Waals surface area contributed by atoms with Crippen molar-refractivity contribution in [1.82, 2.24) is 15.3 Å². The third-order valence-corrected chi connectivity index (χ3v) is 3.09. The summed E-state index contributed by atoms with van der Waals surface area (Å²) in [4.78, 5) is 21.2. The van der Waals surface area contributed by atoms with Crippen LogP contribution in [-0.2, 0) is 4.79 Å². The summed E-state index contributed by atoms with van der Waals surface area (Å²) >= 11 is 0. The van der Waals surface area contributed by atoms with E-state index in [-0.39, 0.29) is 12.5 Å². The van der Waals surface area contributed by atoms with Crippen molar-refractivity contribution in [3.8, 4) is 0 Å². The highest BCUT2D eigenvalue weighted by Crippen LogP contribution is 2.16. The Labute approximate surface area is 106 Å². The van der Waals surface area contributed by atoms with Gasteiger partial charge in [-0.05, 0) is 18.9 Å². The molecule has 0 aromatic carbocycles. The van der Waals surface area contributed by atoms with Crippen LogP contribution < -0.4 is 10.2 Å². The van der Waals surface area contributed by atoms with Crippen LogP contribution in [0.3, 0.4) is 0 Å². The van der Waals surface area contributed by atoms with Crippen molar-refractivity contribution >= 4 is 11.9 Å². The van der Waals surface area contributed by atoms with E-state index < -0.39 is 5.97 Å². The number of carboxylic acid groups (broad SMARTS) is 1. The van der Waals surface area contributed by atoms with E-state index in [1.807, 2.05) is 0 Å². The van der Waals surface area contributed by atoms with Crippen LogP contribution in [0.1, 0.15) is 19.3 Å². The Morgan fingerprint density at radius 2 is 2.28 bits per heavy atom. The molecule has 2 rings (SSSR count). The van der Waals surface area contributed by atoms with Crippen LogP contribution in [-0.4, -0.2) is 46.7 Å². The molecule has 1 aliphatic heterocycles. The highest BCUT2D eigenvalue weighted by Gasteiger charge is 2.23. The van der Waals surface area contributed by atoms with Crippen LogP contribution in [0.25, 0.3) is 0 Å². The lowest BCUT2D eigenvalue weighted by molar-refractivity contribution is -0.137. The van der Waals surface area contributed by atoms with Gasteiger partial charge in [0.15, 0.2) is 0 Å². The van der Waals surface area contributed by atoms with E-state index in [4.69, 9.17) is 5.11 Å². The molecular formula is C12H18N4O2. The van der Waals surface area contributed by atoms with Crippen LogP contribution >= 0.6 is 0 Å². The zero-order chi connectivity index (χ0) is 12.8. The molecule has 2 N–H and O–H groups in total. The fourth-order valence-electron chi connectivity index (χ4n) is 2.21. The summed E-state index contributed by atoms with van der Waals surface area (Å²) in [5.41, 5.74) is 0. The minimum absolute atomic E-state index is 0.222. The van der Waals surface area contributed by atoms with Gasteiger partial charge in [-0.3, -0.25) is 4.79 Å². The number of aromatic nitrogens is 2. The molecule has 1 unspecified atom stereocenters. The highest BCUT2D eigenvalue weighted by molar-refractivity contribution is 5.66. The number of nitrogens with zero attached hydrogens (tertiary/aromatic N) is 3. The first-order chi connectivity index (χ1) is 8.77. The molecule has 2 heterocycles. The fraction of sp³-hybridized carbons (Fsp3) is 0.583. The normalized spacial score (nSPS) is 19.8. The summed E-state index contributed by atoms with van der Waals surface area (Å²) in [7, 11) is 0. The molecule has 1 aromatic heterocycles. The van der Waals surface area contributed by atoms with Crippen molar-refractivity contribution in [1.29, 1.82) is 0 Å². The summed E-state index contributed by atoms with van der Waals surface area (Å²) in [6.45, 7) is 2.63. The molecule has 0 aliphatic carbocycles. The second-order valence-corrected chi connectivity index (χ2v) is 4.39. The number of aliphatic carboxylic acids is 1. The maximum absolute atomic E-state index is 10.5. The lowest BCUT2D eigenvalue weighted by Crippen LogP contribution is -2.52. The lowest BCUT2D eigenvalue weighted by atomic mass is 10.1. The first kappa shape index (κ1) is 12.8. The van der Waals surface area contributed by atoms with E-state index in [0.717, 1.165) is 32.0 Å². The van der Waals surface area contributed by atoms with Gasteiger partial charge >= 0.3 is 5.97 Å². The topological polar surface area (TPSA) is 78.4 Å². The Morgan fingerprint density at radius 1 is 1.50 bits per heavy atom. The largest absolute Gasteiger partial charge is 0.481 e. The Kier molecular flexibility index (Phi) is 4.46. The maximum atomic E-state index is 10.5. The van der Waals surface area contributed by atoms with Gasteiger partial charge in [0.25, 0.3) is 0 Å². The Morgan fingerprint density at radius 3 is 3.00 bits per heavy atom. The van der Waals surface area contributed by atoms with Gasteiger partial charge in [-0.25, -0.2) is 9.97 Å². The summed E-state index contributed by atoms with van der Waals surface area (Å²) in [5, 5.41) is 12.0. The van der Waals surface area contributed by atoms with Crippen molar-refractivity contribution in [2.75, 3.05) is 24.5 Å². The van der Waals surface area contributed by atoms with Gasteiger partial charge in [-0.15, -0.1) is 0 Å². The molecule has 0 saturated carbocycles. The molecule has 1 aromatic rings. The van der Waals surface area contributed by atoms with Gasteiger partial charge in [0.2, 0.25) is 5.95 Å². The van der Waals surface area contributed by atoms with Gasteiger partial charge in [0.05, 0.1) is 0 Å². The van der Waals surface area contributed by atoms with Crippen LogP contribution in [0.2, 0.25) is 0 Å². The molecule has 18 heavy (non-hydrogen) atoms. The third-order valence-electron chi connectivity index (χ3n) is 3.09. The average molecular weight is 250 g/mol. The molecule has 98 valence electrons. The van der Waals surface area contributed by atoms with E-state index in [0.29, 0.717) is 6.42 Å². The minimum atomic E-state index is -0.735. The molecular weight excluding hydrogens is 232 g/mol. The Balaban J connectivity index is 1.95. The van der Waals surface area contributed by atoms with Gasteiger partial charge in [-0.1, -0.05) is 0 Å². The maximum Gasteiger partial charge on any atom is 0.303 e. The Hall–Kier alpha value is -1.69. The van der Waals surface area contributed by atoms with E-state index in [1.54, 1.807) is 18.5 Å². The average Bonchev–Trinajstić information content (AvgIpc) is 2.40. The predicted octanol–water partition coefficient (Wildman–Crippen LogP) is 0.510. The number of nitrogens with one attached hydrogen (secondary N) is 1. The summed E-state index contributed by atoms with van der Waals surface area (Å²) in [6, 6.07) is 2.07. The quantitative estimate of drug-likeness (QED) is 0.792. The third kappa shape index (κ3) is 3.40. The number of rotatable bonds is 5. The second kappa shape index (κ2) is 6.30. The zero-order valence-electron chi connectivity index (χ0n) is 10.2. The van der Waals surface area contributed by atoms with Crippen molar-refractivity contribution in [3.05, 3.63) is 18.5 Å². The summed E-state index contributed by atoms with van der Waals surface area (Å²) in [6.07, 6.45) is 5.22. The molecule has 1 atom stereocenters. The number of carboxylic acids is 1. The number of carbonyl (C=O) groups is 1. The van der Waals surface area contributed by atoms with E-state index >= 15 is 0 Å². The molecule has 0 radical (unpaired) electrons. The Bertz CT molecular complexity index is 385. The van der Waals surface area contributed by atoms with Crippen molar-refractivity contribution in [2.45, 2.75) is 25.3 Å². The molecule has 6 heteroatoms. The van der Waals surface area contributed by atoms with Gasteiger partial charge < -0.3 is 15.3 Å². The van der Waals surface area contributed by atoms with Gasteiger partial charge in [-0.2, -0.15) is 0 Å². The lowest BCUT2D eigenvalue weighted by Gasteiger charge is -2.36. The van der Waals surface area contributed by atoms with E-state index in [1.165, 1.54) is 0 Å². The summed E-state index contributed by atoms with van der Waals surface area (Å²) < 4.78 is 0. The highest BCUT2D eigenvalue weighted by atomic mass is 16.4. The fourth-order valence-corrected chi connectivity index (χ4v) is 2.21. The standard InChI is InChI=1S/C12H18N4O2/c17-11(18)4-1-3-10-9-13-7-8-16(10)12-14-5-2-6-15-12/h2,5-6,10,13H,1,3-4,7-9H2,(H,17,18). The molecule has 0 amide bonds. The van der Waals surface area contributed by atoms with Crippen molar-refractivity contribution in [2.24, 2.45) is 0 Å². The predicted molar refractivity (Wildman–Crippen MR) is 67.5 cm³/mol. The van der Waals surface area contributed by atoms with Crippen LogP contribution in [0.5, 0.6) is 0 Å². The first-order valence-corrected chi connectivity index (χ1v) is 6.23. The monoisotopic (exact) mass is 250 g/mol. The number of hydrogen-bond donors (Lipinski definition) is 2. The van der Waals surface area contributed by atoms with Gasteiger partial charge in [0, 0.05) is 44.5 Å². The number of hydrogen-bond acceptors (Lipinski definition) is 5. The van der Waals surface area contributed by atoms with Crippen molar-refractivity contribution in [3.63, 3.8) is 0 Å². The zero-order valence-corrected chi connectivity index (χ0v) is 10.2. The molecule has 1 fully saturated rings. The molecule has 6 nitrogen and oxygen atoms in total. The van der Waals surface area contributed by atoms with E-state index in [2.05, 4.69) is 20.2 Å². The van der Waals surface area contributed by atoms with Crippen LogP contribution in [0.15, 0.2) is 18.5 Å². The first-order valence-electron chi connectivity index (χ1n) is 6.23. The minimum Gasteiger partial charge on any atom is -0.481 e. The number of piperazine rings is 1. The second-order valence-electron chi connectivity index (χ2n) is 4.39. The molecule has 1 saturated heterocycles. The van der Waals surface area contributed by atoms with E-state index in [9.17, 15) is 4.79 Å². The molecule has 1 aliphatic rings. The van der Waals surface area contributed by atoms with Crippen LogP contribution in [0, 0.1) is 0 Å². The van der Waals surface area contributed by atoms with Gasteiger partial charge in [0.1, 0.15) is 0 Å². The van der Waals surface area contributed by atoms with Crippen molar-refractivity contribution < 1.29 is 9.90 Å². The molecule has 0 spiro atoms. The smallest absolute Gasteiger partial charge is 0.303 e. The summed E-state index contributed by atoms with van der Waals surface area (Å²) in [5.74, 6) is 0.000560. The van der Waals surface area contributed by atoms with Crippen LogP contribution in [0.4, 0.5) is 5.95 Å². The number of anilines is 1. The molecule has 0 bridgehead atoms. The SMILES string of the molecule is O=C(O)CCCC1CNCCN1c1ncccn1.